The Labute approximate surface area is 118 Å². The summed E-state index contributed by atoms with van der Waals surface area (Å²) in [7, 11) is 0. The van der Waals surface area contributed by atoms with E-state index in [0.717, 1.165) is 16.8 Å². The van der Waals surface area contributed by atoms with Gasteiger partial charge in [-0.05, 0) is 25.0 Å². The Morgan fingerprint density at radius 3 is 2.70 bits per heavy atom. The van der Waals surface area contributed by atoms with Gasteiger partial charge in [0.05, 0.1) is 5.71 Å². The highest BCUT2D eigenvalue weighted by Crippen LogP contribution is 2.02. The van der Waals surface area contributed by atoms with Crippen LogP contribution < -0.4 is 5.43 Å². The molecule has 0 aliphatic rings. The van der Waals surface area contributed by atoms with Gasteiger partial charge >= 0.3 is 0 Å². The van der Waals surface area contributed by atoms with Crippen molar-refractivity contribution in [2.24, 2.45) is 5.10 Å². The van der Waals surface area contributed by atoms with E-state index in [1.54, 1.807) is 12.4 Å². The van der Waals surface area contributed by atoms with Crippen molar-refractivity contribution in [3.63, 3.8) is 0 Å². The highest BCUT2D eigenvalue weighted by molar-refractivity contribution is 5.98. The number of hydrazone groups is 1. The van der Waals surface area contributed by atoms with E-state index in [-0.39, 0.29) is 5.91 Å². The molecule has 0 unspecified atom stereocenters. The molecule has 1 aromatic heterocycles. The van der Waals surface area contributed by atoms with E-state index >= 15 is 0 Å². The number of aryl methyl sites for hydroxylation is 1. The van der Waals surface area contributed by atoms with E-state index in [9.17, 15) is 4.79 Å². The monoisotopic (exact) mass is 267 g/mol. The van der Waals surface area contributed by atoms with Crippen LogP contribution in [-0.2, 0) is 11.2 Å². The van der Waals surface area contributed by atoms with Crippen molar-refractivity contribution in [3.8, 4) is 0 Å². The third kappa shape index (κ3) is 4.31. The van der Waals surface area contributed by atoms with Gasteiger partial charge in [0.2, 0.25) is 5.91 Å². The molecule has 0 aliphatic heterocycles. The highest BCUT2D eigenvalue weighted by atomic mass is 16.2. The number of carbonyl (C=O) groups is 1. The summed E-state index contributed by atoms with van der Waals surface area (Å²) in [6.07, 6.45) is 4.56. The minimum absolute atomic E-state index is 0.0860. The first-order chi connectivity index (χ1) is 9.75. The zero-order valence-corrected chi connectivity index (χ0v) is 11.4. The molecule has 0 saturated carbocycles. The average molecular weight is 267 g/mol. The van der Waals surface area contributed by atoms with Crippen molar-refractivity contribution in [1.82, 2.24) is 10.4 Å². The summed E-state index contributed by atoms with van der Waals surface area (Å²) in [5.41, 5.74) is 5.36. The fraction of sp³-hybridized carbons (Fsp3) is 0.188. The summed E-state index contributed by atoms with van der Waals surface area (Å²) in [6, 6.07) is 13.7. The van der Waals surface area contributed by atoms with E-state index in [2.05, 4.69) is 15.5 Å². The van der Waals surface area contributed by atoms with E-state index < -0.39 is 0 Å². The third-order valence-electron chi connectivity index (χ3n) is 2.91. The van der Waals surface area contributed by atoms with Crippen molar-refractivity contribution in [3.05, 3.63) is 66.0 Å². The molecule has 2 rings (SSSR count). The smallest absolute Gasteiger partial charge is 0.240 e. The van der Waals surface area contributed by atoms with Crippen molar-refractivity contribution < 1.29 is 4.79 Å². The Bertz CT molecular complexity index is 579. The number of benzene rings is 1. The lowest BCUT2D eigenvalue weighted by Crippen LogP contribution is -2.19. The number of hydrogen-bond acceptors (Lipinski definition) is 3. The summed E-state index contributed by atoms with van der Waals surface area (Å²) >= 11 is 0. The molecule has 0 spiro atoms. The quantitative estimate of drug-likeness (QED) is 0.668. The van der Waals surface area contributed by atoms with E-state index in [1.807, 2.05) is 49.4 Å². The molecule has 4 heteroatoms. The number of hydrogen-bond donors (Lipinski definition) is 1. The lowest BCUT2D eigenvalue weighted by atomic mass is 10.1. The third-order valence-corrected chi connectivity index (χ3v) is 2.91. The summed E-state index contributed by atoms with van der Waals surface area (Å²) in [4.78, 5) is 15.7. The van der Waals surface area contributed by atoms with Crippen LogP contribution in [0.15, 0.2) is 60.0 Å². The first-order valence-corrected chi connectivity index (χ1v) is 6.53. The Morgan fingerprint density at radius 2 is 2.00 bits per heavy atom. The number of amides is 1. The second kappa shape index (κ2) is 7.19. The topological polar surface area (TPSA) is 54.4 Å². The van der Waals surface area contributed by atoms with Gasteiger partial charge in [0.1, 0.15) is 0 Å². The largest absolute Gasteiger partial charge is 0.273 e. The van der Waals surface area contributed by atoms with Crippen molar-refractivity contribution in [1.29, 1.82) is 0 Å². The maximum absolute atomic E-state index is 11.7. The van der Waals surface area contributed by atoms with Crippen LogP contribution in [0.3, 0.4) is 0 Å². The van der Waals surface area contributed by atoms with Crippen LogP contribution in [-0.4, -0.2) is 16.6 Å². The van der Waals surface area contributed by atoms with Crippen LogP contribution in [0.25, 0.3) is 0 Å². The molecule has 0 radical (unpaired) electrons. The van der Waals surface area contributed by atoms with Gasteiger partial charge in [-0.15, -0.1) is 0 Å². The minimum atomic E-state index is -0.0860. The van der Waals surface area contributed by atoms with Gasteiger partial charge < -0.3 is 0 Å². The predicted octanol–water partition coefficient (Wildman–Crippen LogP) is 2.55. The molecular formula is C16H17N3O. The molecule has 2 aromatic rings. The number of pyridine rings is 1. The van der Waals surface area contributed by atoms with Crippen LogP contribution in [0.4, 0.5) is 0 Å². The molecule has 1 heterocycles. The summed E-state index contributed by atoms with van der Waals surface area (Å²) < 4.78 is 0. The molecular weight excluding hydrogens is 250 g/mol. The maximum atomic E-state index is 11.7. The van der Waals surface area contributed by atoms with Gasteiger partial charge in [0, 0.05) is 24.4 Å². The molecule has 20 heavy (non-hydrogen) atoms. The second-order valence-electron chi connectivity index (χ2n) is 4.46. The fourth-order valence-electron chi connectivity index (χ4n) is 1.75. The van der Waals surface area contributed by atoms with Gasteiger partial charge in [-0.2, -0.15) is 5.10 Å². The fourth-order valence-corrected chi connectivity index (χ4v) is 1.75. The van der Waals surface area contributed by atoms with Crippen LogP contribution in [0, 0.1) is 0 Å². The first kappa shape index (κ1) is 13.9. The number of aromatic nitrogens is 1. The van der Waals surface area contributed by atoms with Crippen molar-refractivity contribution in [2.75, 3.05) is 0 Å². The van der Waals surface area contributed by atoms with E-state index in [4.69, 9.17) is 0 Å². The van der Waals surface area contributed by atoms with E-state index in [1.165, 1.54) is 0 Å². The summed E-state index contributed by atoms with van der Waals surface area (Å²) in [6.45, 7) is 1.84. The molecule has 0 saturated heterocycles. The molecule has 0 bridgehead atoms. The Balaban J connectivity index is 1.83. The summed E-state index contributed by atoms with van der Waals surface area (Å²) in [5.74, 6) is -0.0860. The molecule has 1 N–H and O–H groups in total. The van der Waals surface area contributed by atoms with Crippen LogP contribution in [0.2, 0.25) is 0 Å². The Kier molecular flexibility index (Phi) is 5.00. The standard InChI is InChI=1S/C16H17N3O/c1-13(15-8-5-11-17-12-15)18-19-16(20)10-9-14-6-3-2-4-7-14/h2-8,11-12H,9-10H2,1H3,(H,19,20)/b18-13+. The normalized spacial score (nSPS) is 11.2. The first-order valence-electron chi connectivity index (χ1n) is 6.53. The summed E-state index contributed by atoms with van der Waals surface area (Å²) in [5, 5.41) is 4.08. The van der Waals surface area contributed by atoms with Crippen LogP contribution >= 0.6 is 0 Å². The molecule has 0 atom stereocenters. The Hall–Kier alpha value is -2.49. The maximum Gasteiger partial charge on any atom is 0.240 e. The Morgan fingerprint density at radius 1 is 1.20 bits per heavy atom. The molecule has 0 aliphatic carbocycles. The molecule has 102 valence electrons. The number of carbonyl (C=O) groups excluding carboxylic acids is 1. The lowest BCUT2D eigenvalue weighted by molar-refractivity contribution is -0.121. The van der Waals surface area contributed by atoms with Gasteiger partial charge in [0.25, 0.3) is 0 Å². The molecule has 1 aromatic carbocycles. The zero-order chi connectivity index (χ0) is 14.2. The van der Waals surface area contributed by atoms with Crippen molar-refractivity contribution in [2.45, 2.75) is 19.8 Å². The molecule has 4 nitrogen and oxygen atoms in total. The van der Waals surface area contributed by atoms with Gasteiger partial charge in [-0.1, -0.05) is 36.4 Å². The second-order valence-corrected chi connectivity index (χ2v) is 4.46. The van der Waals surface area contributed by atoms with Crippen LogP contribution in [0.5, 0.6) is 0 Å². The molecule has 0 fully saturated rings. The minimum Gasteiger partial charge on any atom is -0.273 e. The van der Waals surface area contributed by atoms with Crippen LogP contribution in [0.1, 0.15) is 24.5 Å². The molecule has 1 amide bonds. The number of nitrogens with one attached hydrogen (secondary N) is 1. The van der Waals surface area contributed by atoms with Gasteiger partial charge in [0.15, 0.2) is 0 Å². The highest BCUT2D eigenvalue weighted by Gasteiger charge is 2.02. The van der Waals surface area contributed by atoms with Crippen molar-refractivity contribution >= 4 is 11.6 Å². The number of nitrogens with zero attached hydrogens (tertiary/aromatic N) is 2. The number of rotatable bonds is 5. The SMILES string of the molecule is C/C(=N\NC(=O)CCc1ccccc1)c1cccnc1. The van der Waals surface area contributed by atoms with Gasteiger partial charge in [-0.25, -0.2) is 5.43 Å². The van der Waals surface area contributed by atoms with E-state index in [0.29, 0.717) is 12.8 Å². The zero-order valence-electron chi connectivity index (χ0n) is 11.4. The lowest BCUT2D eigenvalue weighted by Gasteiger charge is -2.03. The van der Waals surface area contributed by atoms with Gasteiger partial charge in [-0.3, -0.25) is 9.78 Å². The predicted molar refractivity (Wildman–Crippen MR) is 79.4 cm³/mol. The average Bonchev–Trinajstić information content (AvgIpc) is 2.52.